The zero-order valence-electron chi connectivity index (χ0n) is 10.6. The Morgan fingerprint density at radius 3 is 2.24 bits per heavy atom. The molecule has 0 heterocycles. The fraction of sp³-hybridized carbons (Fsp3) is 0.462. The first-order valence-corrected chi connectivity index (χ1v) is 5.58. The quantitative estimate of drug-likeness (QED) is 0.898. The molecular formula is C13H21ClN2O. The van der Waals surface area contributed by atoms with Crippen molar-refractivity contribution in [2.75, 3.05) is 13.6 Å². The lowest BCUT2D eigenvalue weighted by Crippen LogP contribution is -2.37. The smallest absolute Gasteiger partial charge is 0.236 e. The predicted molar refractivity (Wildman–Crippen MR) is 73.1 cm³/mol. The van der Waals surface area contributed by atoms with Gasteiger partial charge < -0.3 is 10.6 Å². The van der Waals surface area contributed by atoms with Crippen LogP contribution >= 0.6 is 12.4 Å². The highest BCUT2D eigenvalue weighted by atomic mass is 35.5. The molecule has 0 saturated carbocycles. The Balaban J connectivity index is 0.00000256. The van der Waals surface area contributed by atoms with Gasteiger partial charge in [-0.2, -0.15) is 0 Å². The number of hydrogen-bond acceptors (Lipinski definition) is 2. The van der Waals surface area contributed by atoms with Crippen LogP contribution in [0.2, 0.25) is 0 Å². The molecule has 0 aromatic heterocycles. The second kappa shape index (κ2) is 7.30. The van der Waals surface area contributed by atoms with Gasteiger partial charge in [-0.1, -0.05) is 44.2 Å². The van der Waals surface area contributed by atoms with Crippen molar-refractivity contribution in [2.24, 2.45) is 11.7 Å². The lowest BCUT2D eigenvalue weighted by molar-refractivity contribution is -0.131. The molecule has 0 saturated heterocycles. The summed E-state index contributed by atoms with van der Waals surface area (Å²) in [5.41, 5.74) is 6.55. The standard InChI is InChI=1S/C13H20N2O.ClH/c1-10(2)13(15(3)12(16)9-14)11-7-5-4-6-8-11;/h4-8,10,13H,9,14H2,1-3H3;1H. The monoisotopic (exact) mass is 256 g/mol. The summed E-state index contributed by atoms with van der Waals surface area (Å²) in [4.78, 5) is 13.4. The van der Waals surface area contributed by atoms with Crippen molar-refractivity contribution in [3.05, 3.63) is 35.9 Å². The van der Waals surface area contributed by atoms with Crippen molar-refractivity contribution in [3.63, 3.8) is 0 Å². The van der Waals surface area contributed by atoms with Gasteiger partial charge in [0.25, 0.3) is 0 Å². The molecule has 0 radical (unpaired) electrons. The Hall–Kier alpha value is -1.06. The lowest BCUT2D eigenvalue weighted by atomic mass is 9.95. The molecule has 17 heavy (non-hydrogen) atoms. The molecule has 96 valence electrons. The third kappa shape index (κ3) is 4.02. The number of amides is 1. The number of halogens is 1. The van der Waals surface area contributed by atoms with Crippen LogP contribution in [0.1, 0.15) is 25.5 Å². The summed E-state index contributed by atoms with van der Waals surface area (Å²) in [7, 11) is 1.81. The van der Waals surface area contributed by atoms with Crippen molar-refractivity contribution in [2.45, 2.75) is 19.9 Å². The molecule has 1 atom stereocenters. The maximum Gasteiger partial charge on any atom is 0.236 e. The van der Waals surface area contributed by atoms with Crippen LogP contribution in [0.3, 0.4) is 0 Å². The highest BCUT2D eigenvalue weighted by Crippen LogP contribution is 2.26. The Morgan fingerprint density at radius 2 is 1.82 bits per heavy atom. The molecule has 2 N–H and O–H groups in total. The van der Waals surface area contributed by atoms with Crippen LogP contribution in [0.5, 0.6) is 0 Å². The second-order valence-corrected chi connectivity index (χ2v) is 4.31. The van der Waals surface area contributed by atoms with Gasteiger partial charge >= 0.3 is 0 Å². The van der Waals surface area contributed by atoms with E-state index in [2.05, 4.69) is 13.8 Å². The molecule has 0 aliphatic heterocycles. The Labute approximate surface area is 109 Å². The molecule has 0 bridgehead atoms. The van der Waals surface area contributed by atoms with Crippen molar-refractivity contribution in [1.82, 2.24) is 4.90 Å². The number of hydrogen-bond donors (Lipinski definition) is 1. The largest absolute Gasteiger partial charge is 0.337 e. The number of likely N-dealkylation sites (N-methyl/N-ethyl adjacent to an activating group) is 1. The van der Waals surface area contributed by atoms with Crippen molar-refractivity contribution in [3.8, 4) is 0 Å². The van der Waals surface area contributed by atoms with Gasteiger partial charge in [-0.3, -0.25) is 4.79 Å². The van der Waals surface area contributed by atoms with Crippen LogP contribution in [0.4, 0.5) is 0 Å². The van der Waals surface area contributed by atoms with E-state index in [-0.39, 0.29) is 30.9 Å². The van der Waals surface area contributed by atoms with Crippen molar-refractivity contribution >= 4 is 18.3 Å². The summed E-state index contributed by atoms with van der Waals surface area (Å²) in [5, 5.41) is 0. The minimum atomic E-state index is -0.0254. The number of benzene rings is 1. The third-order valence-electron chi connectivity index (χ3n) is 2.76. The van der Waals surface area contributed by atoms with Gasteiger partial charge in [0.05, 0.1) is 12.6 Å². The van der Waals surface area contributed by atoms with Gasteiger partial charge in [0.2, 0.25) is 5.91 Å². The topological polar surface area (TPSA) is 46.3 Å². The number of nitrogens with two attached hydrogens (primary N) is 1. The molecule has 1 amide bonds. The number of carbonyl (C=O) groups excluding carboxylic acids is 1. The van der Waals surface area contributed by atoms with Gasteiger partial charge in [0.1, 0.15) is 0 Å². The van der Waals surface area contributed by atoms with Crippen LogP contribution in [-0.2, 0) is 4.79 Å². The molecule has 1 aromatic carbocycles. The minimum Gasteiger partial charge on any atom is -0.337 e. The molecule has 1 rings (SSSR count). The van der Waals surface area contributed by atoms with E-state index in [4.69, 9.17) is 5.73 Å². The first-order chi connectivity index (χ1) is 7.57. The van der Waals surface area contributed by atoms with E-state index in [1.165, 1.54) is 0 Å². The average Bonchev–Trinajstić information content (AvgIpc) is 2.29. The maximum atomic E-state index is 11.6. The van der Waals surface area contributed by atoms with Crippen LogP contribution in [0, 0.1) is 5.92 Å². The normalized spacial score (nSPS) is 11.8. The van der Waals surface area contributed by atoms with Crippen LogP contribution in [0.15, 0.2) is 30.3 Å². The highest BCUT2D eigenvalue weighted by Gasteiger charge is 2.23. The summed E-state index contributed by atoms with van der Waals surface area (Å²) in [6.45, 7) is 4.28. The van der Waals surface area contributed by atoms with Gasteiger partial charge in [-0.25, -0.2) is 0 Å². The molecule has 0 fully saturated rings. The van der Waals surface area contributed by atoms with Gasteiger partial charge in [-0.05, 0) is 11.5 Å². The summed E-state index contributed by atoms with van der Waals surface area (Å²) in [6.07, 6.45) is 0. The zero-order chi connectivity index (χ0) is 12.1. The van der Waals surface area contributed by atoms with E-state index in [1.807, 2.05) is 37.4 Å². The van der Waals surface area contributed by atoms with E-state index in [0.29, 0.717) is 5.92 Å². The number of carbonyl (C=O) groups is 1. The molecule has 0 aliphatic rings. The van der Waals surface area contributed by atoms with Crippen molar-refractivity contribution < 1.29 is 4.79 Å². The summed E-state index contributed by atoms with van der Waals surface area (Å²) in [6, 6.07) is 10.1. The Morgan fingerprint density at radius 1 is 1.29 bits per heavy atom. The molecular weight excluding hydrogens is 236 g/mol. The summed E-state index contributed by atoms with van der Waals surface area (Å²) < 4.78 is 0. The molecule has 0 aliphatic carbocycles. The predicted octanol–water partition coefficient (Wildman–Crippen LogP) is 2.22. The first kappa shape index (κ1) is 15.9. The first-order valence-electron chi connectivity index (χ1n) is 5.58. The van der Waals surface area contributed by atoms with E-state index in [1.54, 1.807) is 4.90 Å². The second-order valence-electron chi connectivity index (χ2n) is 4.31. The fourth-order valence-corrected chi connectivity index (χ4v) is 2.01. The molecule has 1 unspecified atom stereocenters. The maximum absolute atomic E-state index is 11.6. The van der Waals surface area contributed by atoms with E-state index >= 15 is 0 Å². The third-order valence-corrected chi connectivity index (χ3v) is 2.76. The summed E-state index contributed by atoms with van der Waals surface area (Å²) >= 11 is 0. The van der Waals surface area contributed by atoms with Gasteiger partial charge in [0.15, 0.2) is 0 Å². The van der Waals surface area contributed by atoms with Crippen LogP contribution < -0.4 is 5.73 Å². The Bertz CT molecular complexity index is 341. The molecule has 3 nitrogen and oxygen atoms in total. The zero-order valence-corrected chi connectivity index (χ0v) is 11.4. The van der Waals surface area contributed by atoms with Crippen LogP contribution in [0.25, 0.3) is 0 Å². The number of nitrogens with zero attached hydrogens (tertiary/aromatic N) is 1. The number of rotatable bonds is 4. The molecule has 1 aromatic rings. The summed E-state index contributed by atoms with van der Waals surface area (Å²) in [5.74, 6) is 0.338. The fourth-order valence-electron chi connectivity index (χ4n) is 2.01. The van der Waals surface area contributed by atoms with E-state index in [0.717, 1.165) is 5.56 Å². The van der Waals surface area contributed by atoms with E-state index in [9.17, 15) is 4.79 Å². The lowest BCUT2D eigenvalue weighted by Gasteiger charge is -2.31. The average molecular weight is 257 g/mol. The molecule has 0 spiro atoms. The van der Waals surface area contributed by atoms with Gasteiger partial charge in [0, 0.05) is 7.05 Å². The highest BCUT2D eigenvalue weighted by molar-refractivity contribution is 5.85. The Kier molecular flexibility index (Phi) is 6.85. The van der Waals surface area contributed by atoms with Crippen molar-refractivity contribution in [1.29, 1.82) is 0 Å². The van der Waals surface area contributed by atoms with Gasteiger partial charge in [-0.15, -0.1) is 12.4 Å². The SMILES string of the molecule is CC(C)C(c1ccccc1)N(C)C(=O)CN.Cl. The van der Waals surface area contributed by atoms with Crippen LogP contribution in [-0.4, -0.2) is 24.4 Å². The van der Waals surface area contributed by atoms with E-state index < -0.39 is 0 Å². The molecule has 4 heteroatoms. The minimum absolute atomic E-state index is 0.